The number of rotatable bonds is 9. The summed E-state index contributed by atoms with van der Waals surface area (Å²) in [5.41, 5.74) is 5.77. The van der Waals surface area contributed by atoms with Gasteiger partial charge in [0.25, 0.3) is 0 Å². The normalized spacial score (nSPS) is 11.7. The van der Waals surface area contributed by atoms with Crippen molar-refractivity contribution in [1.29, 1.82) is 0 Å². The number of sulfonamides is 1. The maximum Gasteiger partial charge on any atom is 0.244 e. The molecule has 0 saturated carbocycles. The zero-order valence-electron chi connectivity index (χ0n) is 21.3. The molecule has 36 heavy (non-hydrogen) atoms. The molecule has 192 valence electrons. The van der Waals surface area contributed by atoms with Crippen LogP contribution in [-0.4, -0.2) is 25.2 Å². The number of aryl methyl sites for hydroxylation is 5. The molecule has 0 saturated heterocycles. The van der Waals surface area contributed by atoms with E-state index in [2.05, 4.69) is 21.2 Å². The number of halogens is 2. The van der Waals surface area contributed by atoms with Gasteiger partial charge in [-0.3, -0.25) is 4.79 Å². The summed E-state index contributed by atoms with van der Waals surface area (Å²) >= 11 is 9.57. The number of carbonyl (C=O) groups is 1. The molecule has 8 heteroatoms. The second kappa shape index (κ2) is 11.9. The van der Waals surface area contributed by atoms with Crippen LogP contribution in [0.15, 0.2) is 57.9 Å². The van der Waals surface area contributed by atoms with E-state index in [1.165, 1.54) is 4.31 Å². The lowest BCUT2D eigenvalue weighted by Crippen LogP contribution is -2.38. The Morgan fingerprint density at radius 2 is 1.47 bits per heavy atom. The fourth-order valence-corrected chi connectivity index (χ4v) is 6.98. The van der Waals surface area contributed by atoms with E-state index in [1.54, 1.807) is 38.1 Å². The van der Waals surface area contributed by atoms with E-state index in [4.69, 9.17) is 11.6 Å². The van der Waals surface area contributed by atoms with Crippen LogP contribution in [0.25, 0.3) is 0 Å². The van der Waals surface area contributed by atoms with Gasteiger partial charge in [-0.2, -0.15) is 4.31 Å². The van der Waals surface area contributed by atoms with Crippen molar-refractivity contribution < 1.29 is 13.2 Å². The monoisotopic (exact) mass is 590 g/mol. The molecule has 1 N–H and O–H groups in total. The largest absolute Gasteiger partial charge is 0.324 e. The molecule has 3 aromatic rings. The standard InChI is InChI=1S/C28H32BrClN2O3S/c1-6-22-14-24(29)15-23(7-2)27(22)31-26(33)17-32(16-21-8-10-25(30)11-9-21)36(34,35)28-19(4)12-18(3)13-20(28)5/h8-15H,6-7,16-17H2,1-5H3,(H,31,33). The second-order valence-corrected chi connectivity index (χ2v) is 12.2. The van der Waals surface area contributed by atoms with Crippen LogP contribution in [0, 0.1) is 20.8 Å². The van der Waals surface area contributed by atoms with Crippen LogP contribution in [0.3, 0.4) is 0 Å². The van der Waals surface area contributed by atoms with Crippen molar-refractivity contribution in [3.63, 3.8) is 0 Å². The predicted octanol–water partition coefficient (Wildman–Crippen LogP) is 6.98. The molecular formula is C28H32BrClN2O3S. The molecule has 0 radical (unpaired) electrons. The molecule has 0 unspecified atom stereocenters. The van der Waals surface area contributed by atoms with Gasteiger partial charge < -0.3 is 5.32 Å². The molecule has 3 rings (SSSR count). The van der Waals surface area contributed by atoms with Crippen molar-refractivity contribution in [2.24, 2.45) is 0 Å². The van der Waals surface area contributed by atoms with Gasteiger partial charge in [-0.1, -0.05) is 71.2 Å². The minimum absolute atomic E-state index is 0.0429. The Morgan fingerprint density at radius 3 is 1.97 bits per heavy atom. The van der Waals surface area contributed by atoms with Crippen LogP contribution in [0.5, 0.6) is 0 Å². The Balaban J connectivity index is 2.01. The SMILES string of the molecule is CCc1cc(Br)cc(CC)c1NC(=O)CN(Cc1ccc(Cl)cc1)S(=O)(=O)c1c(C)cc(C)cc1C. The van der Waals surface area contributed by atoms with Gasteiger partial charge in [-0.25, -0.2) is 8.42 Å². The highest BCUT2D eigenvalue weighted by Crippen LogP contribution is 2.29. The first-order valence-electron chi connectivity index (χ1n) is 11.9. The van der Waals surface area contributed by atoms with Crippen molar-refractivity contribution in [3.8, 4) is 0 Å². The van der Waals surface area contributed by atoms with E-state index in [0.717, 1.165) is 45.3 Å². The average Bonchev–Trinajstić information content (AvgIpc) is 2.79. The van der Waals surface area contributed by atoms with E-state index >= 15 is 0 Å². The maximum absolute atomic E-state index is 13.9. The van der Waals surface area contributed by atoms with Gasteiger partial charge in [0.1, 0.15) is 0 Å². The van der Waals surface area contributed by atoms with Crippen LogP contribution < -0.4 is 5.32 Å². The van der Waals surface area contributed by atoms with Crippen molar-refractivity contribution in [1.82, 2.24) is 4.31 Å². The van der Waals surface area contributed by atoms with Gasteiger partial charge in [-0.15, -0.1) is 0 Å². The molecule has 0 aliphatic carbocycles. The number of amides is 1. The molecule has 0 bridgehead atoms. The van der Waals surface area contributed by atoms with Crippen LogP contribution in [0.2, 0.25) is 5.02 Å². The van der Waals surface area contributed by atoms with Gasteiger partial charge in [0.15, 0.2) is 0 Å². The lowest BCUT2D eigenvalue weighted by atomic mass is 10.0. The molecule has 3 aromatic carbocycles. The first kappa shape index (κ1) is 28.4. The lowest BCUT2D eigenvalue weighted by molar-refractivity contribution is -0.116. The fourth-order valence-electron chi connectivity index (χ4n) is 4.50. The Kier molecular flexibility index (Phi) is 9.39. The average molecular weight is 592 g/mol. The zero-order chi connectivity index (χ0) is 26.6. The lowest BCUT2D eigenvalue weighted by Gasteiger charge is -2.25. The molecule has 0 aliphatic heterocycles. The third kappa shape index (κ3) is 6.57. The summed E-state index contributed by atoms with van der Waals surface area (Å²) in [4.78, 5) is 13.6. The summed E-state index contributed by atoms with van der Waals surface area (Å²) in [6.07, 6.45) is 1.47. The van der Waals surface area contributed by atoms with Gasteiger partial charge in [0, 0.05) is 21.7 Å². The van der Waals surface area contributed by atoms with Gasteiger partial charge in [0.2, 0.25) is 15.9 Å². The van der Waals surface area contributed by atoms with Gasteiger partial charge in [-0.05, 0) is 85.7 Å². The van der Waals surface area contributed by atoms with E-state index in [1.807, 2.05) is 45.0 Å². The first-order valence-corrected chi connectivity index (χ1v) is 14.5. The quantitative estimate of drug-likeness (QED) is 0.292. The molecule has 1 amide bonds. The zero-order valence-corrected chi connectivity index (χ0v) is 24.4. The Hall–Kier alpha value is -2.19. The molecular weight excluding hydrogens is 560 g/mol. The van der Waals surface area contributed by atoms with Crippen molar-refractivity contribution >= 4 is 49.1 Å². The molecule has 0 spiro atoms. The second-order valence-electron chi connectivity index (χ2n) is 8.98. The van der Waals surface area contributed by atoms with Crippen LogP contribution >= 0.6 is 27.5 Å². The molecule has 0 fully saturated rings. The highest BCUT2D eigenvalue weighted by atomic mass is 79.9. The molecule has 0 atom stereocenters. The summed E-state index contributed by atoms with van der Waals surface area (Å²) in [6, 6.07) is 14.6. The summed E-state index contributed by atoms with van der Waals surface area (Å²) in [6.45, 7) is 9.28. The topological polar surface area (TPSA) is 66.5 Å². The van der Waals surface area contributed by atoms with Crippen LogP contribution in [0.1, 0.15) is 47.2 Å². The van der Waals surface area contributed by atoms with E-state index in [9.17, 15) is 13.2 Å². The first-order chi connectivity index (χ1) is 17.0. The number of anilines is 1. The van der Waals surface area contributed by atoms with Crippen molar-refractivity contribution in [2.75, 3.05) is 11.9 Å². The highest BCUT2D eigenvalue weighted by molar-refractivity contribution is 9.10. The van der Waals surface area contributed by atoms with Gasteiger partial charge in [0.05, 0.1) is 11.4 Å². The Bertz CT molecular complexity index is 1320. The Morgan fingerprint density at radius 1 is 0.944 bits per heavy atom. The molecule has 0 aliphatic rings. The fraction of sp³-hybridized carbons (Fsp3) is 0.321. The van der Waals surface area contributed by atoms with Crippen molar-refractivity contribution in [2.45, 2.75) is 58.9 Å². The van der Waals surface area contributed by atoms with Crippen LogP contribution in [0.4, 0.5) is 5.69 Å². The smallest absolute Gasteiger partial charge is 0.244 e. The van der Waals surface area contributed by atoms with Crippen molar-refractivity contribution in [3.05, 3.63) is 91.4 Å². The molecule has 5 nitrogen and oxygen atoms in total. The van der Waals surface area contributed by atoms with Crippen LogP contribution in [-0.2, 0) is 34.2 Å². The number of nitrogens with one attached hydrogen (secondary N) is 1. The van der Waals surface area contributed by atoms with E-state index < -0.39 is 10.0 Å². The third-order valence-corrected chi connectivity index (χ3v) is 8.90. The number of hydrogen-bond donors (Lipinski definition) is 1. The number of carbonyl (C=O) groups excluding carboxylic acids is 1. The predicted molar refractivity (Wildman–Crippen MR) is 151 cm³/mol. The summed E-state index contributed by atoms with van der Waals surface area (Å²) in [7, 11) is -3.98. The minimum Gasteiger partial charge on any atom is -0.324 e. The minimum atomic E-state index is -3.98. The van der Waals surface area contributed by atoms with E-state index in [-0.39, 0.29) is 23.9 Å². The number of benzene rings is 3. The molecule has 0 heterocycles. The maximum atomic E-state index is 13.9. The number of nitrogens with zero attached hydrogens (tertiary/aromatic N) is 1. The summed E-state index contributed by atoms with van der Waals surface area (Å²) < 4.78 is 30.1. The highest BCUT2D eigenvalue weighted by Gasteiger charge is 2.30. The van der Waals surface area contributed by atoms with E-state index in [0.29, 0.717) is 16.1 Å². The summed E-state index contributed by atoms with van der Waals surface area (Å²) in [5.74, 6) is -0.387. The number of hydrogen-bond acceptors (Lipinski definition) is 3. The Labute approximate surface area is 228 Å². The summed E-state index contributed by atoms with van der Waals surface area (Å²) in [5, 5.41) is 3.57. The molecule has 0 aromatic heterocycles. The third-order valence-electron chi connectivity index (χ3n) is 6.09. The van der Waals surface area contributed by atoms with Gasteiger partial charge >= 0.3 is 0 Å².